The van der Waals surface area contributed by atoms with Crippen molar-refractivity contribution < 1.29 is 9.47 Å². The van der Waals surface area contributed by atoms with Crippen molar-refractivity contribution in [2.75, 3.05) is 35.3 Å². The van der Waals surface area contributed by atoms with E-state index in [0.717, 1.165) is 11.4 Å². The van der Waals surface area contributed by atoms with Crippen molar-refractivity contribution in [1.29, 1.82) is 5.26 Å². The summed E-state index contributed by atoms with van der Waals surface area (Å²) in [4.78, 5) is 8.51. The highest BCUT2D eigenvalue weighted by molar-refractivity contribution is 5.41. The summed E-state index contributed by atoms with van der Waals surface area (Å²) in [7, 11) is 9.31. The predicted molar refractivity (Wildman–Crippen MR) is 90.8 cm³/mol. The molecule has 1 unspecified atom stereocenters. The van der Waals surface area contributed by atoms with E-state index in [1.165, 1.54) is 0 Å². The van der Waals surface area contributed by atoms with Gasteiger partial charge >= 0.3 is 0 Å². The molecule has 0 amide bonds. The van der Waals surface area contributed by atoms with Crippen LogP contribution in [0.3, 0.4) is 0 Å². The average molecular weight is 320 g/mol. The van der Waals surface area contributed by atoms with Crippen molar-refractivity contribution in [3.8, 4) is 17.6 Å². The van der Waals surface area contributed by atoms with Crippen molar-refractivity contribution in [2.24, 2.45) is 0 Å². The first-order chi connectivity index (χ1) is 10.7. The summed E-state index contributed by atoms with van der Waals surface area (Å²) >= 11 is 0. The molecule has 0 spiro atoms. The van der Waals surface area contributed by atoms with Gasteiger partial charge in [-0.05, 0) is 41.0 Å². The largest absolute Gasteiger partial charge is 0.495 e. The first kappa shape index (κ1) is 19.2. The number of pyridine rings is 1. The molecule has 0 N–H and O–H groups in total. The maximum absolute atomic E-state index is 9.59. The highest BCUT2D eigenvalue weighted by Crippen LogP contribution is 2.31. The van der Waals surface area contributed by atoms with Gasteiger partial charge in [0.25, 0.3) is 0 Å². The summed E-state index contributed by atoms with van der Waals surface area (Å²) in [6, 6.07) is 4.08. The third-order valence-corrected chi connectivity index (χ3v) is 3.64. The summed E-state index contributed by atoms with van der Waals surface area (Å²) in [5, 5.41) is 9.59. The smallest absolute Gasteiger partial charge is 0.213 e. The van der Waals surface area contributed by atoms with E-state index in [2.05, 4.69) is 24.9 Å². The van der Waals surface area contributed by atoms with E-state index in [9.17, 15) is 5.26 Å². The van der Waals surface area contributed by atoms with Gasteiger partial charge in [-0.15, -0.1) is 0 Å². The van der Waals surface area contributed by atoms with E-state index >= 15 is 0 Å². The Morgan fingerprint density at radius 3 is 2.09 bits per heavy atom. The Bertz CT molecular complexity index is 556. The number of methoxy groups -OCH3 is 1. The molecular formula is C17H28N4O2. The lowest BCUT2D eigenvalue weighted by molar-refractivity contribution is 0.0399. The summed E-state index contributed by atoms with van der Waals surface area (Å²) in [6.07, 6.45) is -0.820. The second kappa shape index (κ2) is 8.14. The number of likely N-dealkylation sites (N-methyl/N-ethyl adjacent to an activating group) is 2. The van der Waals surface area contributed by atoms with Gasteiger partial charge in [0.1, 0.15) is 23.7 Å². The van der Waals surface area contributed by atoms with Crippen LogP contribution in [-0.2, 0) is 0 Å². The lowest BCUT2D eigenvalue weighted by Crippen LogP contribution is -2.50. The van der Waals surface area contributed by atoms with Crippen LogP contribution in [0.1, 0.15) is 31.2 Å². The van der Waals surface area contributed by atoms with Crippen molar-refractivity contribution in [3.05, 3.63) is 17.5 Å². The van der Waals surface area contributed by atoms with Gasteiger partial charge in [0.15, 0.2) is 0 Å². The molecule has 0 aromatic carbocycles. The summed E-state index contributed by atoms with van der Waals surface area (Å²) in [5.41, 5.74) is 1.65. The Labute approximate surface area is 139 Å². The molecule has 1 atom stereocenters. The Kier molecular flexibility index (Phi) is 6.79. The van der Waals surface area contributed by atoms with Crippen LogP contribution in [0.25, 0.3) is 0 Å². The predicted octanol–water partition coefficient (Wildman–Crippen LogP) is 2.24. The maximum Gasteiger partial charge on any atom is 0.213 e. The first-order valence-corrected chi connectivity index (χ1v) is 7.67. The number of nitriles is 1. The van der Waals surface area contributed by atoms with E-state index < -0.39 is 6.10 Å². The van der Waals surface area contributed by atoms with Crippen LogP contribution in [0, 0.1) is 18.3 Å². The van der Waals surface area contributed by atoms with Gasteiger partial charge in [0, 0.05) is 6.07 Å². The second-order valence-electron chi connectivity index (χ2n) is 6.32. The molecule has 6 heteroatoms. The first-order valence-electron chi connectivity index (χ1n) is 7.67. The molecule has 0 bridgehead atoms. The summed E-state index contributed by atoms with van der Waals surface area (Å²) in [6.45, 7) is 6.01. The number of nitrogens with zero attached hydrogens (tertiary/aromatic N) is 4. The standard InChI is InChI=1S/C17H28N4O2/c1-11(2)16-14(9-13(22-8)12(3)19-16)23-15(10-18)17(20(4)5)21(6)7/h9,11,15,17H,1-8H3. The number of aromatic nitrogens is 1. The van der Waals surface area contributed by atoms with Gasteiger partial charge in [0.05, 0.1) is 18.5 Å². The zero-order valence-corrected chi connectivity index (χ0v) is 15.4. The molecular weight excluding hydrogens is 292 g/mol. The summed E-state index contributed by atoms with van der Waals surface area (Å²) < 4.78 is 11.4. The normalized spacial score (nSPS) is 12.8. The van der Waals surface area contributed by atoms with Crippen molar-refractivity contribution in [2.45, 2.75) is 39.0 Å². The molecule has 128 valence electrons. The van der Waals surface area contributed by atoms with Crippen LogP contribution >= 0.6 is 0 Å². The van der Waals surface area contributed by atoms with Gasteiger partial charge in [-0.1, -0.05) is 13.8 Å². The molecule has 6 nitrogen and oxygen atoms in total. The lowest BCUT2D eigenvalue weighted by atomic mass is 10.1. The zero-order valence-electron chi connectivity index (χ0n) is 15.4. The van der Waals surface area contributed by atoms with Gasteiger partial charge in [-0.25, -0.2) is 0 Å². The van der Waals surface area contributed by atoms with Crippen LogP contribution in [0.4, 0.5) is 0 Å². The zero-order chi connectivity index (χ0) is 17.7. The molecule has 0 aliphatic carbocycles. The highest BCUT2D eigenvalue weighted by Gasteiger charge is 2.29. The highest BCUT2D eigenvalue weighted by atomic mass is 16.5. The third kappa shape index (κ3) is 4.57. The van der Waals surface area contributed by atoms with Gasteiger partial charge in [0.2, 0.25) is 6.10 Å². The molecule has 1 heterocycles. The topological polar surface area (TPSA) is 61.6 Å². The van der Waals surface area contributed by atoms with Crippen LogP contribution in [0.5, 0.6) is 11.5 Å². The number of aryl methyl sites for hydroxylation is 1. The number of rotatable bonds is 7. The van der Waals surface area contributed by atoms with Gasteiger partial charge in [-0.2, -0.15) is 5.26 Å². The van der Waals surface area contributed by atoms with Crippen molar-refractivity contribution in [1.82, 2.24) is 14.8 Å². The number of ether oxygens (including phenoxy) is 2. The monoisotopic (exact) mass is 320 g/mol. The van der Waals surface area contributed by atoms with Crippen LogP contribution < -0.4 is 9.47 Å². The van der Waals surface area contributed by atoms with Gasteiger partial charge < -0.3 is 9.47 Å². The molecule has 0 saturated heterocycles. The molecule has 0 aliphatic heterocycles. The van der Waals surface area contributed by atoms with Gasteiger partial charge in [-0.3, -0.25) is 14.8 Å². The quantitative estimate of drug-likeness (QED) is 0.718. The Morgan fingerprint density at radius 1 is 1.13 bits per heavy atom. The van der Waals surface area contributed by atoms with Crippen LogP contribution in [0.15, 0.2) is 6.07 Å². The van der Waals surface area contributed by atoms with Crippen molar-refractivity contribution >= 4 is 0 Å². The third-order valence-electron chi connectivity index (χ3n) is 3.64. The maximum atomic E-state index is 9.59. The molecule has 0 aliphatic rings. The fourth-order valence-corrected chi connectivity index (χ4v) is 2.60. The minimum absolute atomic E-state index is 0.174. The van der Waals surface area contributed by atoms with Crippen molar-refractivity contribution in [3.63, 3.8) is 0 Å². The molecule has 0 fully saturated rings. The molecule has 1 aromatic rings. The molecule has 0 radical (unpaired) electrons. The number of hydrogen-bond acceptors (Lipinski definition) is 6. The van der Waals surface area contributed by atoms with E-state index in [0.29, 0.717) is 11.5 Å². The van der Waals surface area contributed by atoms with Crippen LogP contribution in [-0.4, -0.2) is 62.4 Å². The Morgan fingerprint density at radius 2 is 1.70 bits per heavy atom. The van der Waals surface area contributed by atoms with Crippen LogP contribution in [0.2, 0.25) is 0 Å². The van der Waals surface area contributed by atoms with E-state index in [-0.39, 0.29) is 12.1 Å². The SMILES string of the molecule is COc1cc(OC(C#N)C(N(C)C)N(C)C)c(C(C)C)nc1C. The molecule has 0 saturated carbocycles. The number of hydrogen-bond donors (Lipinski definition) is 0. The Balaban J connectivity index is 3.26. The molecule has 1 aromatic heterocycles. The fourth-order valence-electron chi connectivity index (χ4n) is 2.60. The van der Waals surface area contributed by atoms with E-state index in [1.807, 2.05) is 51.0 Å². The van der Waals surface area contributed by atoms with E-state index in [1.54, 1.807) is 7.11 Å². The lowest BCUT2D eigenvalue weighted by Gasteiger charge is -2.34. The average Bonchev–Trinajstić information content (AvgIpc) is 2.46. The molecule has 1 rings (SSSR count). The van der Waals surface area contributed by atoms with E-state index in [4.69, 9.17) is 9.47 Å². The minimum atomic E-state index is -0.647. The Hall–Kier alpha value is -1.84. The minimum Gasteiger partial charge on any atom is -0.495 e. The fraction of sp³-hybridized carbons (Fsp3) is 0.647. The second-order valence-corrected chi connectivity index (χ2v) is 6.32. The summed E-state index contributed by atoms with van der Waals surface area (Å²) in [5.74, 6) is 1.45. The molecule has 23 heavy (non-hydrogen) atoms.